The molecule has 102 valence electrons. The van der Waals surface area contributed by atoms with Crippen molar-refractivity contribution in [1.82, 2.24) is 25.1 Å². The molecule has 1 saturated carbocycles. The Morgan fingerprint density at radius 1 is 1.42 bits per heavy atom. The summed E-state index contributed by atoms with van der Waals surface area (Å²) in [5, 5.41) is 18.3. The summed E-state index contributed by atoms with van der Waals surface area (Å²) in [5.41, 5.74) is 0.0982. The fourth-order valence-corrected chi connectivity index (χ4v) is 4.23. The van der Waals surface area contributed by atoms with E-state index in [1.807, 2.05) is 4.52 Å². The van der Waals surface area contributed by atoms with E-state index in [1.165, 1.54) is 37.1 Å². The standard InChI is InChI=1S/C13H19N5S/c1-2-6-13(7-3-8-14-13)11-17-18-10(9-4-5-9)15-16-12(18)19-11/h9,14H,2-8H2,1H3. The highest BCUT2D eigenvalue weighted by Gasteiger charge is 2.39. The van der Waals surface area contributed by atoms with Crippen LogP contribution in [0.5, 0.6) is 0 Å². The fourth-order valence-electron chi connectivity index (χ4n) is 3.16. The minimum Gasteiger partial charge on any atom is -0.305 e. The van der Waals surface area contributed by atoms with E-state index in [9.17, 15) is 0 Å². The van der Waals surface area contributed by atoms with E-state index >= 15 is 0 Å². The third-order valence-electron chi connectivity index (χ3n) is 4.29. The lowest BCUT2D eigenvalue weighted by Gasteiger charge is -2.26. The van der Waals surface area contributed by atoms with Gasteiger partial charge in [0.2, 0.25) is 4.96 Å². The number of fused-ring (bicyclic) bond motifs is 1. The highest BCUT2D eigenvalue weighted by Crippen LogP contribution is 2.41. The second-order valence-electron chi connectivity index (χ2n) is 5.80. The zero-order chi connectivity index (χ0) is 12.9. The van der Waals surface area contributed by atoms with Crippen molar-refractivity contribution in [3.8, 4) is 0 Å². The van der Waals surface area contributed by atoms with Crippen LogP contribution in [-0.4, -0.2) is 26.4 Å². The molecule has 0 amide bonds. The Morgan fingerprint density at radius 3 is 3.00 bits per heavy atom. The van der Waals surface area contributed by atoms with E-state index in [2.05, 4.69) is 22.4 Å². The van der Waals surface area contributed by atoms with E-state index in [1.54, 1.807) is 11.3 Å². The topological polar surface area (TPSA) is 55.1 Å². The minimum atomic E-state index is 0.0982. The maximum atomic E-state index is 4.85. The third kappa shape index (κ3) is 1.80. The SMILES string of the molecule is CCCC1(c2nn3c(C4CC4)nnc3s2)CCCN1. The average molecular weight is 277 g/mol. The van der Waals surface area contributed by atoms with Crippen molar-refractivity contribution >= 4 is 16.3 Å². The van der Waals surface area contributed by atoms with Crippen molar-refractivity contribution in [3.63, 3.8) is 0 Å². The van der Waals surface area contributed by atoms with Gasteiger partial charge in [0.1, 0.15) is 5.01 Å². The molecule has 0 aromatic carbocycles. The van der Waals surface area contributed by atoms with Gasteiger partial charge in [-0.3, -0.25) is 0 Å². The van der Waals surface area contributed by atoms with E-state index < -0.39 is 0 Å². The lowest BCUT2D eigenvalue weighted by atomic mass is 9.93. The maximum absolute atomic E-state index is 4.85. The summed E-state index contributed by atoms with van der Waals surface area (Å²) in [7, 11) is 0. The van der Waals surface area contributed by atoms with E-state index in [-0.39, 0.29) is 5.54 Å². The molecule has 2 aliphatic rings. The van der Waals surface area contributed by atoms with Crippen LogP contribution in [0.25, 0.3) is 4.96 Å². The van der Waals surface area contributed by atoms with E-state index in [4.69, 9.17) is 5.10 Å². The number of nitrogens with one attached hydrogen (secondary N) is 1. The summed E-state index contributed by atoms with van der Waals surface area (Å²) in [5.74, 6) is 1.67. The molecule has 1 N–H and O–H groups in total. The predicted molar refractivity (Wildman–Crippen MR) is 74.5 cm³/mol. The van der Waals surface area contributed by atoms with Crippen LogP contribution in [0.4, 0.5) is 0 Å². The van der Waals surface area contributed by atoms with E-state index in [0.29, 0.717) is 5.92 Å². The Balaban J connectivity index is 1.77. The van der Waals surface area contributed by atoms with Crippen LogP contribution < -0.4 is 5.32 Å². The van der Waals surface area contributed by atoms with Gasteiger partial charge in [-0.15, -0.1) is 10.2 Å². The molecule has 3 heterocycles. The van der Waals surface area contributed by atoms with Crippen LogP contribution in [0.3, 0.4) is 0 Å². The monoisotopic (exact) mass is 277 g/mol. The molecule has 0 radical (unpaired) electrons. The molecule has 5 nitrogen and oxygen atoms in total. The molecule has 6 heteroatoms. The van der Waals surface area contributed by atoms with Crippen LogP contribution in [0.1, 0.15) is 62.2 Å². The first-order chi connectivity index (χ1) is 9.32. The molecule has 2 aromatic heterocycles. The molecule has 0 spiro atoms. The van der Waals surface area contributed by atoms with Crippen LogP contribution >= 0.6 is 11.3 Å². The Bertz CT molecular complexity index is 591. The molecular weight excluding hydrogens is 258 g/mol. The zero-order valence-electron chi connectivity index (χ0n) is 11.2. The van der Waals surface area contributed by atoms with Crippen LogP contribution in [0.15, 0.2) is 0 Å². The molecule has 4 rings (SSSR count). The Hall–Kier alpha value is -1.01. The van der Waals surface area contributed by atoms with Gasteiger partial charge in [-0.25, -0.2) is 0 Å². The van der Waals surface area contributed by atoms with Gasteiger partial charge in [0.25, 0.3) is 0 Å². The summed E-state index contributed by atoms with van der Waals surface area (Å²) < 4.78 is 2.00. The predicted octanol–water partition coefficient (Wildman–Crippen LogP) is 2.44. The summed E-state index contributed by atoms with van der Waals surface area (Å²) in [6.07, 6.45) is 7.27. The largest absolute Gasteiger partial charge is 0.305 e. The van der Waals surface area contributed by atoms with Crippen LogP contribution in [-0.2, 0) is 5.54 Å². The smallest absolute Gasteiger partial charge is 0.234 e. The molecule has 1 atom stereocenters. The molecule has 2 fully saturated rings. The number of hydrogen-bond donors (Lipinski definition) is 1. The van der Waals surface area contributed by atoms with Crippen molar-refractivity contribution in [2.75, 3.05) is 6.54 Å². The zero-order valence-corrected chi connectivity index (χ0v) is 12.0. The van der Waals surface area contributed by atoms with Gasteiger partial charge < -0.3 is 5.32 Å². The molecule has 0 bridgehead atoms. The van der Waals surface area contributed by atoms with Crippen LogP contribution in [0, 0.1) is 0 Å². The number of hydrogen-bond acceptors (Lipinski definition) is 5. The summed E-state index contributed by atoms with van der Waals surface area (Å²) >= 11 is 1.72. The lowest BCUT2D eigenvalue weighted by Crippen LogP contribution is -2.36. The highest BCUT2D eigenvalue weighted by atomic mass is 32.1. The van der Waals surface area contributed by atoms with Gasteiger partial charge in [-0.05, 0) is 38.6 Å². The van der Waals surface area contributed by atoms with Gasteiger partial charge >= 0.3 is 0 Å². The molecule has 19 heavy (non-hydrogen) atoms. The Kier molecular flexibility index (Phi) is 2.63. The van der Waals surface area contributed by atoms with Gasteiger partial charge in [-0.1, -0.05) is 24.7 Å². The van der Waals surface area contributed by atoms with Crippen molar-refractivity contribution in [2.24, 2.45) is 0 Å². The maximum Gasteiger partial charge on any atom is 0.234 e. The molecular formula is C13H19N5S. The van der Waals surface area contributed by atoms with Gasteiger partial charge in [0, 0.05) is 5.92 Å². The Morgan fingerprint density at radius 2 is 2.32 bits per heavy atom. The summed E-state index contributed by atoms with van der Waals surface area (Å²) in [4.78, 5) is 0.959. The molecule has 1 saturated heterocycles. The molecule has 1 unspecified atom stereocenters. The van der Waals surface area contributed by atoms with Crippen molar-refractivity contribution in [1.29, 1.82) is 0 Å². The molecule has 1 aliphatic carbocycles. The first-order valence-electron chi connectivity index (χ1n) is 7.30. The normalized spacial score (nSPS) is 27.4. The van der Waals surface area contributed by atoms with E-state index in [0.717, 1.165) is 23.8 Å². The van der Waals surface area contributed by atoms with Crippen molar-refractivity contribution in [2.45, 2.75) is 56.9 Å². The lowest BCUT2D eigenvalue weighted by molar-refractivity contribution is 0.350. The average Bonchev–Trinajstić information content (AvgIpc) is 2.85. The van der Waals surface area contributed by atoms with Gasteiger partial charge in [-0.2, -0.15) is 9.61 Å². The molecule has 2 aromatic rings. The highest BCUT2D eigenvalue weighted by molar-refractivity contribution is 7.16. The Labute approximate surface area is 116 Å². The second kappa shape index (κ2) is 4.24. The number of aromatic nitrogens is 4. The first kappa shape index (κ1) is 11.8. The van der Waals surface area contributed by atoms with Gasteiger partial charge in [0.05, 0.1) is 5.54 Å². The summed E-state index contributed by atoms with van der Waals surface area (Å²) in [6, 6.07) is 0. The van der Waals surface area contributed by atoms with Crippen molar-refractivity contribution in [3.05, 3.63) is 10.8 Å². The number of nitrogens with zero attached hydrogens (tertiary/aromatic N) is 4. The summed E-state index contributed by atoms with van der Waals surface area (Å²) in [6.45, 7) is 3.35. The minimum absolute atomic E-state index is 0.0982. The van der Waals surface area contributed by atoms with Gasteiger partial charge in [0.15, 0.2) is 5.82 Å². The fraction of sp³-hybridized carbons (Fsp3) is 0.769. The van der Waals surface area contributed by atoms with Crippen molar-refractivity contribution < 1.29 is 0 Å². The quantitative estimate of drug-likeness (QED) is 0.932. The molecule has 1 aliphatic heterocycles. The van der Waals surface area contributed by atoms with Crippen LogP contribution in [0.2, 0.25) is 0 Å². The number of rotatable bonds is 4. The first-order valence-corrected chi connectivity index (χ1v) is 8.12. The third-order valence-corrected chi connectivity index (χ3v) is 5.39. The second-order valence-corrected chi connectivity index (χ2v) is 6.75.